The summed E-state index contributed by atoms with van der Waals surface area (Å²) in [6.07, 6.45) is 0. The molecule has 3 aromatic rings. The molecule has 0 atom stereocenters. The van der Waals surface area contributed by atoms with Gasteiger partial charge in [-0.25, -0.2) is 4.98 Å². The molecular formula is C14H9BrN2OS. The summed E-state index contributed by atoms with van der Waals surface area (Å²) in [6, 6.07) is 9.16. The normalized spacial score (nSPS) is 10.8. The Balaban J connectivity index is 2.16. The molecule has 0 radical (unpaired) electrons. The number of ketones is 1. The van der Waals surface area contributed by atoms with Gasteiger partial charge in [-0.15, -0.1) is 0 Å². The number of nitrogens with two attached hydrogens (primary N) is 1. The van der Waals surface area contributed by atoms with Gasteiger partial charge in [0, 0.05) is 31.9 Å². The molecule has 2 heterocycles. The molecule has 1 aromatic carbocycles. The van der Waals surface area contributed by atoms with E-state index in [1.807, 2.05) is 29.6 Å². The average molecular weight is 333 g/mol. The lowest BCUT2D eigenvalue weighted by Crippen LogP contribution is -2.05. The van der Waals surface area contributed by atoms with Crippen molar-refractivity contribution in [1.82, 2.24) is 4.98 Å². The minimum atomic E-state index is -0.120. The van der Waals surface area contributed by atoms with Gasteiger partial charge in [0.1, 0.15) is 5.69 Å². The van der Waals surface area contributed by atoms with Gasteiger partial charge in [0.05, 0.1) is 5.52 Å². The second-order valence-electron chi connectivity index (χ2n) is 4.08. The zero-order valence-electron chi connectivity index (χ0n) is 9.76. The van der Waals surface area contributed by atoms with Crippen LogP contribution < -0.4 is 5.73 Å². The number of carbonyl (C=O) groups is 1. The van der Waals surface area contributed by atoms with Crippen LogP contribution in [0.4, 0.5) is 5.69 Å². The molecule has 2 N–H and O–H groups in total. The lowest BCUT2D eigenvalue weighted by Gasteiger charge is -2.05. The van der Waals surface area contributed by atoms with Crippen molar-refractivity contribution in [3.8, 4) is 0 Å². The number of hydrogen-bond acceptors (Lipinski definition) is 4. The average Bonchev–Trinajstić information content (AvgIpc) is 2.84. The first-order valence-corrected chi connectivity index (χ1v) is 7.32. The largest absolute Gasteiger partial charge is 0.398 e. The molecule has 0 aliphatic heterocycles. The lowest BCUT2D eigenvalue weighted by molar-refractivity contribution is 0.103. The Labute approximate surface area is 122 Å². The number of aromatic nitrogens is 1. The number of halogens is 1. The number of benzene rings is 1. The maximum absolute atomic E-state index is 12.4. The standard InChI is InChI=1S/C14H9BrN2OS/c15-10-7-19-6-9(10)14(18)13-5-11(16)8-3-1-2-4-12(8)17-13/h1-7H,(H2,16,17). The van der Waals surface area contributed by atoms with E-state index in [0.717, 1.165) is 15.4 Å². The summed E-state index contributed by atoms with van der Waals surface area (Å²) < 4.78 is 0.788. The molecule has 5 heteroatoms. The highest BCUT2D eigenvalue weighted by atomic mass is 79.9. The van der Waals surface area contributed by atoms with Crippen molar-refractivity contribution in [1.29, 1.82) is 0 Å². The van der Waals surface area contributed by atoms with Crippen LogP contribution in [0.1, 0.15) is 16.1 Å². The van der Waals surface area contributed by atoms with Gasteiger partial charge in [-0.3, -0.25) is 4.79 Å². The molecule has 0 bridgehead atoms. The number of hydrogen-bond donors (Lipinski definition) is 1. The van der Waals surface area contributed by atoms with E-state index in [-0.39, 0.29) is 5.78 Å². The fourth-order valence-corrected chi connectivity index (χ4v) is 3.35. The summed E-state index contributed by atoms with van der Waals surface area (Å²) >= 11 is 4.83. The Morgan fingerprint density at radius 3 is 2.79 bits per heavy atom. The van der Waals surface area contributed by atoms with Crippen molar-refractivity contribution in [3.05, 3.63) is 56.8 Å². The second kappa shape index (κ2) is 4.75. The van der Waals surface area contributed by atoms with E-state index in [1.165, 1.54) is 11.3 Å². The van der Waals surface area contributed by atoms with E-state index >= 15 is 0 Å². The zero-order valence-corrected chi connectivity index (χ0v) is 12.2. The van der Waals surface area contributed by atoms with Gasteiger partial charge >= 0.3 is 0 Å². The number of pyridine rings is 1. The van der Waals surface area contributed by atoms with Gasteiger partial charge in [-0.2, -0.15) is 11.3 Å². The fraction of sp³-hybridized carbons (Fsp3) is 0. The maximum Gasteiger partial charge on any atom is 0.213 e. The summed E-state index contributed by atoms with van der Waals surface area (Å²) in [7, 11) is 0. The molecule has 0 aliphatic carbocycles. The van der Waals surface area contributed by atoms with Crippen LogP contribution in [0.5, 0.6) is 0 Å². The van der Waals surface area contributed by atoms with Crippen LogP contribution in [-0.4, -0.2) is 10.8 Å². The van der Waals surface area contributed by atoms with E-state index in [4.69, 9.17) is 5.73 Å². The molecule has 0 saturated carbocycles. The third-order valence-corrected chi connectivity index (χ3v) is 4.54. The van der Waals surface area contributed by atoms with Crippen molar-refractivity contribution < 1.29 is 4.79 Å². The first kappa shape index (κ1) is 12.3. The highest BCUT2D eigenvalue weighted by Gasteiger charge is 2.16. The summed E-state index contributed by atoms with van der Waals surface area (Å²) in [5.41, 5.74) is 8.28. The molecule has 3 rings (SSSR count). The molecule has 0 aliphatic rings. The minimum absolute atomic E-state index is 0.120. The zero-order chi connectivity index (χ0) is 13.4. The van der Waals surface area contributed by atoms with Crippen LogP contribution in [0.3, 0.4) is 0 Å². The van der Waals surface area contributed by atoms with Crippen LogP contribution in [0.2, 0.25) is 0 Å². The van der Waals surface area contributed by atoms with Crippen LogP contribution >= 0.6 is 27.3 Å². The Hall–Kier alpha value is -1.72. The van der Waals surface area contributed by atoms with Gasteiger partial charge in [-0.1, -0.05) is 18.2 Å². The van der Waals surface area contributed by atoms with Crippen LogP contribution in [0.15, 0.2) is 45.6 Å². The van der Waals surface area contributed by atoms with E-state index in [2.05, 4.69) is 20.9 Å². The molecule has 2 aromatic heterocycles. The van der Waals surface area contributed by atoms with Crippen molar-refractivity contribution in [2.75, 3.05) is 5.73 Å². The number of thiophene rings is 1. The number of anilines is 1. The predicted octanol–water partition coefficient (Wildman–Crippen LogP) is 3.87. The Kier molecular flexibility index (Phi) is 3.08. The molecule has 0 unspecified atom stereocenters. The fourth-order valence-electron chi connectivity index (χ4n) is 1.90. The summed E-state index contributed by atoms with van der Waals surface area (Å²) in [5.74, 6) is -0.120. The number of rotatable bonds is 2. The molecular weight excluding hydrogens is 324 g/mol. The van der Waals surface area contributed by atoms with Gasteiger partial charge in [-0.05, 0) is 28.1 Å². The molecule has 0 spiro atoms. The predicted molar refractivity (Wildman–Crippen MR) is 81.6 cm³/mol. The van der Waals surface area contributed by atoms with Gasteiger partial charge in [0.15, 0.2) is 0 Å². The van der Waals surface area contributed by atoms with E-state index in [9.17, 15) is 4.79 Å². The van der Waals surface area contributed by atoms with Crippen molar-refractivity contribution in [2.24, 2.45) is 0 Å². The van der Waals surface area contributed by atoms with E-state index in [1.54, 1.807) is 11.4 Å². The van der Waals surface area contributed by atoms with Gasteiger partial charge in [0.2, 0.25) is 5.78 Å². The number of fused-ring (bicyclic) bond motifs is 1. The first-order valence-electron chi connectivity index (χ1n) is 5.58. The van der Waals surface area contributed by atoms with Crippen LogP contribution in [-0.2, 0) is 0 Å². The van der Waals surface area contributed by atoms with Crippen LogP contribution in [0.25, 0.3) is 10.9 Å². The lowest BCUT2D eigenvalue weighted by atomic mass is 10.1. The number of nitrogens with zero attached hydrogens (tertiary/aromatic N) is 1. The highest BCUT2D eigenvalue weighted by molar-refractivity contribution is 9.10. The molecule has 0 amide bonds. The number of para-hydroxylation sites is 1. The van der Waals surface area contributed by atoms with Crippen molar-refractivity contribution in [3.63, 3.8) is 0 Å². The Bertz CT molecular complexity index is 782. The second-order valence-corrected chi connectivity index (χ2v) is 5.67. The highest BCUT2D eigenvalue weighted by Crippen LogP contribution is 2.26. The minimum Gasteiger partial charge on any atom is -0.398 e. The first-order chi connectivity index (χ1) is 9.16. The Morgan fingerprint density at radius 2 is 2.05 bits per heavy atom. The quantitative estimate of drug-likeness (QED) is 0.724. The molecule has 94 valence electrons. The smallest absolute Gasteiger partial charge is 0.213 e. The third kappa shape index (κ3) is 2.15. The summed E-state index contributed by atoms with van der Waals surface area (Å²) in [6.45, 7) is 0. The maximum atomic E-state index is 12.4. The Morgan fingerprint density at radius 1 is 1.26 bits per heavy atom. The van der Waals surface area contributed by atoms with Gasteiger partial charge < -0.3 is 5.73 Å². The molecule has 19 heavy (non-hydrogen) atoms. The van der Waals surface area contributed by atoms with Crippen molar-refractivity contribution in [2.45, 2.75) is 0 Å². The van der Waals surface area contributed by atoms with Gasteiger partial charge in [0.25, 0.3) is 0 Å². The molecule has 0 saturated heterocycles. The van der Waals surface area contributed by atoms with Crippen molar-refractivity contribution >= 4 is 49.6 Å². The topological polar surface area (TPSA) is 56.0 Å². The summed E-state index contributed by atoms with van der Waals surface area (Å²) in [4.78, 5) is 16.8. The molecule has 0 fully saturated rings. The summed E-state index contributed by atoms with van der Waals surface area (Å²) in [5, 5.41) is 4.54. The monoisotopic (exact) mass is 332 g/mol. The third-order valence-electron chi connectivity index (χ3n) is 2.84. The SMILES string of the molecule is Nc1cc(C(=O)c2cscc2Br)nc2ccccc12. The molecule has 3 nitrogen and oxygen atoms in total. The number of carbonyl (C=O) groups excluding carboxylic acids is 1. The van der Waals surface area contributed by atoms with E-state index in [0.29, 0.717) is 16.9 Å². The van der Waals surface area contributed by atoms with Crippen LogP contribution in [0, 0.1) is 0 Å². The number of nitrogen functional groups attached to an aromatic ring is 1. The van der Waals surface area contributed by atoms with E-state index < -0.39 is 0 Å².